The number of carboxylic acids is 1. The highest BCUT2D eigenvalue weighted by molar-refractivity contribution is 5.94. The van der Waals surface area contributed by atoms with Gasteiger partial charge in [-0.05, 0) is 12.5 Å². The molecule has 78 valence electrons. The van der Waals surface area contributed by atoms with Gasteiger partial charge in [0.15, 0.2) is 5.69 Å². The summed E-state index contributed by atoms with van der Waals surface area (Å²) in [4.78, 5) is 31.1. The highest BCUT2D eigenvalue weighted by Crippen LogP contribution is 2.16. The van der Waals surface area contributed by atoms with E-state index in [4.69, 9.17) is 5.11 Å². The molecule has 1 amide bonds. The molecule has 15 heavy (non-hydrogen) atoms. The Kier molecular flexibility index (Phi) is 2.32. The quantitative estimate of drug-likeness (QED) is 0.754. The number of aromatic carboxylic acids is 1. The molecule has 2 rings (SSSR count). The van der Waals surface area contributed by atoms with E-state index in [-0.39, 0.29) is 17.5 Å². The Balaban J connectivity index is 2.32. The molecule has 0 saturated carbocycles. The van der Waals surface area contributed by atoms with Gasteiger partial charge >= 0.3 is 5.97 Å². The normalized spacial score (nSPS) is 15.7. The van der Waals surface area contributed by atoms with Crippen LogP contribution in [0, 0.1) is 0 Å². The third-order valence-electron chi connectivity index (χ3n) is 2.18. The van der Waals surface area contributed by atoms with Crippen LogP contribution in [0.1, 0.15) is 23.3 Å². The van der Waals surface area contributed by atoms with Crippen molar-refractivity contribution in [1.82, 2.24) is 9.97 Å². The molecule has 1 N–H and O–H groups in total. The van der Waals surface area contributed by atoms with Crippen LogP contribution >= 0.6 is 0 Å². The summed E-state index contributed by atoms with van der Waals surface area (Å²) in [6, 6.07) is 1.30. The van der Waals surface area contributed by atoms with Gasteiger partial charge in [0.05, 0.1) is 0 Å². The van der Waals surface area contributed by atoms with Crippen molar-refractivity contribution < 1.29 is 14.7 Å². The Labute approximate surface area is 85.6 Å². The van der Waals surface area contributed by atoms with Crippen molar-refractivity contribution in [3.05, 3.63) is 18.0 Å². The maximum Gasteiger partial charge on any atom is 0.354 e. The van der Waals surface area contributed by atoms with E-state index in [1.807, 2.05) is 0 Å². The Morgan fingerprint density at radius 1 is 1.53 bits per heavy atom. The molecule has 6 heteroatoms. The Morgan fingerprint density at radius 2 is 2.33 bits per heavy atom. The lowest BCUT2D eigenvalue weighted by molar-refractivity contribution is -0.117. The predicted molar refractivity (Wildman–Crippen MR) is 50.6 cm³/mol. The summed E-state index contributed by atoms with van der Waals surface area (Å²) in [5.41, 5.74) is -0.0975. The van der Waals surface area contributed by atoms with Crippen LogP contribution in [0.2, 0.25) is 0 Å². The fraction of sp³-hybridized carbons (Fsp3) is 0.333. The van der Waals surface area contributed by atoms with E-state index < -0.39 is 5.97 Å². The average molecular weight is 207 g/mol. The lowest BCUT2D eigenvalue weighted by Crippen LogP contribution is -2.26. The highest BCUT2D eigenvalue weighted by atomic mass is 16.4. The number of carboxylic acid groups (broad SMARTS) is 1. The van der Waals surface area contributed by atoms with E-state index in [1.54, 1.807) is 0 Å². The smallest absolute Gasteiger partial charge is 0.354 e. The molecule has 2 heterocycles. The number of anilines is 1. The van der Waals surface area contributed by atoms with Crippen molar-refractivity contribution in [3.63, 3.8) is 0 Å². The number of carbonyl (C=O) groups excluding carboxylic acids is 1. The van der Waals surface area contributed by atoms with Crippen molar-refractivity contribution >= 4 is 17.8 Å². The Hall–Kier alpha value is -1.98. The molecule has 1 aromatic heterocycles. The van der Waals surface area contributed by atoms with Gasteiger partial charge in [-0.2, -0.15) is 0 Å². The van der Waals surface area contributed by atoms with Crippen molar-refractivity contribution in [2.75, 3.05) is 11.4 Å². The van der Waals surface area contributed by atoms with Crippen LogP contribution in [0.15, 0.2) is 12.3 Å². The Morgan fingerprint density at radius 3 is 2.93 bits per heavy atom. The fourth-order valence-corrected chi connectivity index (χ4v) is 1.46. The van der Waals surface area contributed by atoms with Crippen LogP contribution in [0.3, 0.4) is 0 Å². The molecule has 0 unspecified atom stereocenters. The first-order chi connectivity index (χ1) is 7.18. The van der Waals surface area contributed by atoms with E-state index in [1.165, 1.54) is 17.2 Å². The van der Waals surface area contributed by atoms with Gasteiger partial charge in [0.2, 0.25) is 11.9 Å². The van der Waals surface area contributed by atoms with Crippen molar-refractivity contribution in [2.45, 2.75) is 12.8 Å². The predicted octanol–water partition coefficient (Wildman–Crippen LogP) is 0.302. The number of hydrogen-bond acceptors (Lipinski definition) is 4. The lowest BCUT2D eigenvalue weighted by Gasteiger charge is -2.12. The lowest BCUT2D eigenvalue weighted by atomic mass is 10.4. The van der Waals surface area contributed by atoms with Crippen LogP contribution in [0.5, 0.6) is 0 Å². The minimum absolute atomic E-state index is 0.0578. The van der Waals surface area contributed by atoms with Gasteiger partial charge in [-0.1, -0.05) is 0 Å². The van der Waals surface area contributed by atoms with E-state index in [0.717, 1.165) is 6.42 Å². The minimum Gasteiger partial charge on any atom is -0.477 e. The van der Waals surface area contributed by atoms with Crippen molar-refractivity contribution in [1.29, 1.82) is 0 Å². The second-order valence-electron chi connectivity index (χ2n) is 3.20. The van der Waals surface area contributed by atoms with Crippen LogP contribution in [0.25, 0.3) is 0 Å². The first-order valence-electron chi connectivity index (χ1n) is 4.55. The summed E-state index contributed by atoms with van der Waals surface area (Å²) < 4.78 is 0. The standard InChI is InChI=1S/C9H9N3O3/c13-7-2-1-5-12(7)9-10-4-3-6(11-9)8(14)15/h3-4H,1-2,5H2,(H,14,15). The van der Waals surface area contributed by atoms with Crippen LogP contribution < -0.4 is 4.90 Å². The second kappa shape index (κ2) is 3.64. The van der Waals surface area contributed by atoms with Gasteiger partial charge in [0, 0.05) is 19.2 Å². The summed E-state index contributed by atoms with van der Waals surface area (Å²) in [6.07, 6.45) is 2.58. The molecule has 1 saturated heterocycles. The summed E-state index contributed by atoms with van der Waals surface area (Å²) in [5, 5.41) is 8.72. The van der Waals surface area contributed by atoms with Crippen molar-refractivity contribution in [2.24, 2.45) is 0 Å². The third-order valence-corrected chi connectivity index (χ3v) is 2.18. The van der Waals surface area contributed by atoms with Gasteiger partial charge in [0.1, 0.15) is 0 Å². The monoisotopic (exact) mass is 207 g/mol. The van der Waals surface area contributed by atoms with Gasteiger partial charge in [-0.15, -0.1) is 0 Å². The summed E-state index contributed by atoms with van der Waals surface area (Å²) in [6.45, 7) is 0.557. The van der Waals surface area contributed by atoms with E-state index in [0.29, 0.717) is 13.0 Å². The molecule has 0 bridgehead atoms. The molecular formula is C9H9N3O3. The number of hydrogen-bond donors (Lipinski definition) is 1. The van der Waals surface area contributed by atoms with E-state index in [9.17, 15) is 9.59 Å². The zero-order valence-corrected chi connectivity index (χ0v) is 7.88. The van der Waals surface area contributed by atoms with Crippen molar-refractivity contribution in [3.8, 4) is 0 Å². The molecule has 6 nitrogen and oxygen atoms in total. The Bertz CT molecular complexity index is 419. The zero-order chi connectivity index (χ0) is 10.8. The summed E-state index contributed by atoms with van der Waals surface area (Å²) in [7, 11) is 0. The second-order valence-corrected chi connectivity index (χ2v) is 3.20. The fourth-order valence-electron chi connectivity index (χ4n) is 1.46. The highest BCUT2D eigenvalue weighted by Gasteiger charge is 2.24. The third kappa shape index (κ3) is 1.78. The molecule has 1 aliphatic rings. The number of rotatable bonds is 2. The number of carbonyl (C=O) groups is 2. The first-order valence-corrected chi connectivity index (χ1v) is 4.55. The minimum atomic E-state index is -1.12. The van der Waals surface area contributed by atoms with E-state index >= 15 is 0 Å². The zero-order valence-electron chi connectivity index (χ0n) is 7.88. The van der Waals surface area contributed by atoms with Gasteiger partial charge in [0.25, 0.3) is 0 Å². The maximum atomic E-state index is 11.4. The molecule has 0 atom stereocenters. The van der Waals surface area contributed by atoms with E-state index in [2.05, 4.69) is 9.97 Å². The van der Waals surface area contributed by atoms with Gasteiger partial charge in [-0.3, -0.25) is 9.69 Å². The molecule has 1 aromatic rings. The maximum absolute atomic E-state index is 11.4. The molecule has 0 aromatic carbocycles. The molecule has 1 fully saturated rings. The van der Waals surface area contributed by atoms with Gasteiger partial charge in [-0.25, -0.2) is 14.8 Å². The summed E-state index contributed by atoms with van der Waals surface area (Å²) in [5.74, 6) is -1.000. The molecular weight excluding hydrogens is 198 g/mol. The van der Waals surface area contributed by atoms with Crippen LogP contribution in [-0.4, -0.2) is 33.5 Å². The SMILES string of the molecule is O=C(O)c1ccnc(N2CCCC2=O)n1. The average Bonchev–Trinajstić information content (AvgIpc) is 2.64. The molecule has 0 spiro atoms. The molecule has 0 aliphatic carbocycles. The number of nitrogens with zero attached hydrogens (tertiary/aromatic N) is 3. The van der Waals surface area contributed by atoms with Gasteiger partial charge < -0.3 is 5.11 Å². The summed E-state index contributed by atoms with van der Waals surface area (Å²) >= 11 is 0. The first kappa shape index (κ1) is 9.57. The van der Waals surface area contributed by atoms with Crippen LogP contribution in [0.4, 0.5) is 5.95 Å². The largest absolute Gasteiger partial charge is 0.477 e. The molecule has 1 aliphatic heterocycles. The van der Waals surface area contributed by atoms with Crippen LogP contribution in [-0.2, 0) is 4.79 Å². The molecule has 0 radical (unpaired) electrons. The number of aromatic nitrogens is 2. The number of amides is 1. The topological polar surface area (TPSA) is 83.4 Å².